The summed E-state index contributed by atoms with van der Waals surface area (Å²) in [7, 11) is 1.61. The first kappa shape index (κ1) is 19.8. The van der Waals surface area contributed by atoms with Gasteiger partial charge in [0, 0.05) is 0 Å². The molecule has 1 N–H and O–H groups in total. The van der Waals surface area contributed by atoms with E-state index in [9.17, 15) is 9.90 Å². The number of aliphatic carboxylic acids is 1. The quantitative estimate of drug-likeness (QED) is 0.571. The van der Waals surface area contributed by atoms with Crippen LogP contribution >= 0.6 is 0 Å². The van der Waals surface area contributed by atoms with Gasteiger partial charge in [0.15, 0.2) is 11.5 Å². The number of methoxy groups -OCH3 is 1. The second kappa shape index (κ2) is 10.5. The van der Waals surface area contributed by atoms with Crippen molar-refractivity contribution in [3.8, 4) is 11.5 Å². The number of ether oxygens (including phenoxy) is 2. The Kier molecular flexibility index (Phi) is 8.00. The van der Waals surface area contributed by atoms with Gasteiger partial charge in [-0.2, -0.15) is 0 Å². The SMILES string of the molecule is CCCCCCOc1cc(CC(C(=O)O)c2ccccc2)ccc1OC. The molecule has 0 saturated carbocycles. The van der Waals surface area contributed by atoms with E-state index in [4.69, 9.17) is 9.47 Å². The van der Waals surface area contributed by atoms with Gasteiger partial charge in [-0.1, -0.05) is 62.6 Å². The zero-order valence-electron chi connectivity index (χ0n) is 15.6. The predicted molar refractivity (Wildman–Crippen MR) is 103 cm³/mol. The van der Waals surface area contributed by atoms with Gasteiger partial charge in [0.2, 0.25) is 0 Å². The van der Waals surface area contributed by atoms with E-state index in [2.05, 4.69) is 6.92 Å². The van der Waals surface area contributed by atoms with Gasteiger partial charge in [-0.05, 0) is 36.1 Å². The van der Waals surface area contributed by atoms with E-state index in [-0.39, 0.29) is 0 Å². The summed E-state index contributed by atoms with van der Waals surface area (Å²) in [5, 5.41) is 9.63. The Balaban J connectivity index is 2.10. The van der Waals surface area contributed by atoms with Crippen LogP contribution in [-0.4, -0.2) is 24.8 Å². The smallest absolute Gasteiger partial charge is 0.311 e. The Morgan fingerprint density at radius 3 is 2.46 bits per heavy atom. The van der Waals surface area contributed by atoms with Crippen LogP contribution in [0.15, 0.2) is 48.5 Å². The Hall–Kier alpha value is -2.49. The fourth-order valence-corrected chi connectivity index (χ4v) is 2.94. The molecule has 26 heavy (non-hydrogen) atoms. The number of hydrogen-bond donors (Lipinski definition) is 1. The van der Waals surface area contributed by atoms with Crippen LogP contribution in [0.25, 0.3) is 0 Å². The molecule has 1 atom stereocenters. The summed E-state index contributed by atoms with van der Waals surface area (Å²) in [6.45, 7) is 2.82. The first-order valence-electron chi connectivity index (χ1n) is 9.23. The number of carboxylic acid groups (broad SMARTS) is 1. The van der Waals surface area contributed by atoms with Crippen molar-refractivity contribution in [1.29, 1.82) is 0 Å². The summed E-state index contributed by atoms with van der Waals surface area (Å²) >= 11 is 0. The topological polar surface area (TPSA) is 55.8 Å². The molecule has 0 spiro atoms. The van der Waals surface area contributed by atoms with Crippen LogP contribution in [0.1, 0.15) is 49.7 Å². The van der Waals surface area contributed by atoms with Crippen molar-refractivity contribution in [3.05, 3.63) is 59.7 Å². The van der Waals surface area contributed by atoms with Crippen molar-refractivity contribution >= 4 is 5.97 Å². The summed E-state index contributed by atoms with van der Waals surface area (Å²) < 4.78 is 11.3. The minimum absolute atomic E-state index is 0.412. The average molecular weight is 356 g/mol. The third kappa shape index (κ3) is 5.80. The molecule has 0 radical (unpaired) electrons. The lowest BCUT2D eigenvalue weighted by molar-refractivity contribution is -0.138. The molecule has 0 aliphatic carbocycles. The molecule has 1 unspecified atom stereocenters. The Morgan fingerprint density at radius 2 is 1.81 bits per heavy atom. The van der Waals surface area contributed by atoms with Crippen molar-refractivity contribution in [2.45, 2.75) is 44.9 Å². The van der Waals surface area contributed by atoms with E-state index in [0.29, 0.717) is 24.5 Å². The highest BCUT2D eigenvalue weighted by Crippen LogP contribution is 2.31. The standard InChI is InChI=1S/C22H28O4/c1-3-4-5-9-14-26-21-16-17(12-13-20(21)25-2)15-19(22(23)24)18-10-7-6-8-11-18/h6-8,10-13,16,19H,3-5,9,14-15H2,1-2H3,(H,23,24). The normalized spacial score (nSPS) is 11.8. The van der Waals surface area contributed by atoms with Crippen LogP contribution < -0.4 is 9.47 Å². The van der Waals surface area contributed by atoms with Gasteiger partial charge in [-0.3, -0.25) is 4.79 Å². The van der Waals surface area contributed by atoms with E-state index >= 15 is 0 Å². The monoisotopic (exact) mass is 356 g/mol. The molecule has 0 aromatic heterocycles. The van der Waals surface area contributed by atoms with Crippen LogP contribution in [-0.2, 0) is 11.2 Å². The molecule has 0 amide bonds. The number of carboxylic acids is 1. The van der Waals surface area contributed by atoms with Gasteiger partial charge in [-0.15, -0.1) is 0 Å². The van der Waals surface area contributed by atoms with E-state index in [1.165, 1.54) is 12.8 Å². The van der Waals surface area contributed by atoms with E-state index in [1.807, 2.05) is 48.5 Å². The molecule has 4 nitrogen and oxygen atoms in total. The second-order valence-corrected chi connectivity index (χ2v) is 6.40. The van der Waals surface area contributed by atoms with Crippen molar-refractivity contribution < 1.29 is 19.4 Å². The van der Waals surface area contributed by atoms with Gasteiger partial charge in [-0.25, -0.2) is 0 Å². The van der Waals surface area contributed by atoms with Gasteiger partial charge >= 0.3 is 5.97 Å². The highest BCUT2D eigenvalue weighted by molar-refractivity contribution is 5.76. The molecule has 2 rings (SSSR count). The van der Waals surface area contributed by atoms with Crippen LogP contribution in [0, 0.1) is 0 Å². The van der Waals surface area contributed by atoms with E-state index in [1.54, 1.807) is 7.11 Å². The number of carbonyl (C=O) groups is 1. The molecule has 140 valence electrons. The minimum Gasteiger partial charge on any atom is -0.493 e. The fourth-order valence-electron chi connectivity index (χ4n) is 2.94. The van der Waals surface area contributed by atoms with Crippen LogP contribution in [0.3, 0.4) is 0 Å². The average Bonchev–Trinajstić information content (AvgIpc) is 2.66. The molecule has 2 aromatic carbocycles. The fraction of sp³-hybridized carbons (Fsp3) is 0.409. The molecule has 0 fully saturated rings. The van der Waals surface area contributed by atoms with Gasteiger partial charge in [0.1, 0.15) is 0 Å². The second-order valence-electron chi connectivity index (χ2n) is 6.40. The molecule has 2 aromatic rings. The minimum atomic E-state index is -0.825. The Bertz CT molecular complexity index is 682. The first-order chi connectivity index (χ1) is 12.7. The number of rotatable bonds is 11. The van der Waals surface area contributed by atoms with E-state index in [0.717, 1.165) is 24.0 Å². The number of benzene rings is 2. The molecule has 0 aliphatic heterocycles. The molecular weight excluding hydrogens is 328 g/mol. The van der Waals surface area contributed by atoms with Crippen molar-refractivity contribution in [2.75, 3.05) is 13.7 Å². The van der Waals surface area contributed by atoms with Crippen molar-refractivity contribution in [3.63, 3.8) is 0 Å². The number of unbranched alkanes of at least 4 members (excludes halogenated alkanes) is 3. The Morgan fingerprint density at radius 1 is 1.04 bits per heavy atom. The summed E-state index contributed by atoms with van der Waals surface area (Å²) in [4.78, 5) is 11.7. The largest absolute Gasteiger partial charge is 0.493 e. The van der Waals surface area contributed by atoms with Crippen molar-refractivity contribution in [1.82, 2.24) is 0 Å². The lowest BCUT2D eigenvalue weighted by Gasteiger charge is -2.16. The summed E-state index contributed by atoms with van der Waals surface area (Å²) in [6, 6.07) is 15.0. The van der Waals surface area contributed by atoms with Gasteiger partial charge < -0.3 is 14.6 Å². The summed E-state index contributed by atoms with van der Waals surface area (Å²) in [6.07, 6.45) is 4.96. The maximum absolute atomic E-state index is 11.7. The van der Waals surface area contributed by atoms with Crippen LogP contribution in [0.4, 0.5) is 0 Å². The van der Waals surface area contributed by atoms with Crippen LogP contribution in [0.5, 0.6) is 11.5 Å². The highest BCUT2D eigenvalue weighted by atomic mass is 16.5. The van der Waals surface area contributed by atoms with Crippen molar-refractivity contribution in [2.24, 2.45) is 0 Å². The lowest BCUT2D eigenvalue weighted by atomic mass is 9.92. The molecule has 0 aliphatic rings. The lowest BCUT2D eigenvalue weighted by Crippen LogP contribution is -2.14. The maximum Gasteiger partial charge on any atom is 0.311 e. The molecule has 0 saturated heterocycles. The zero-order valence-corrected chi connectivity index (χ0v) is 15.6. The van der Waals surface area contributed by atoms with Gasteiger partial charge in [0.05, 0.1) is 19.6 Å². The predicted octanol–water partition coefficient (Wildman–Crippen LogP) is 5.07. The van der Waals surface area contributed by atoms with Gasteiger partial charge in [0.25, 0.3) is 0 Å². The number of hydrogen-bond acceptors (Lipinski definition) is 3. The first-order valence-corrected chi connectivity index (χ1v) is 9.23. The third-order valence-electron chi connectivity index (χ3n) is 4.42. The highest BCUT2D eigenvalue weighted by Gasteiger charge is 2.20. The molecule has 4 heteroatoms. The maximum atomic E-state index is 11.7. The summed E-state index contributed by atoms with van der Waals surface area (Å²) in [5.74, 6) is -0.0504. The molecular formula is C22H28O4. The third-order valence-corrected chi connectivity index (χ3v) is 4.42. The van der Waals surface area contributed by atoms with Crippen LogP contribution in [0.2, 0.25) is 0 Å². The van der Waals surface area contributed by atoms with E-state index < -0.39 is 11.9 Å². The Labute approximate surface area is 155 Å². The zero-order chi connectivity index (χ0) is 18.8. The molecule has 0 bridgehead atoms. The summed E-state index contributed by atoms with van der Waals surface area (Å²) in [5.41, 5.74) is 1.73. The molecule has 0 heterocycles.